The van der Waals surface area contributed by atoms with E-state index in [0.29, 0.717) is 0 Å². The maximum absolute atomic E-state index is 2.35. The van der Waals surface area contributed by atoms with Crippen LogP contribution in [0.1, 0.15) is 368 Å². The molecule has 63 heavy (non-hydrogen) atoms. The number of hydrogen-bond donors (Lipinski definition) is 0. The second-order valence-electron chi connectivity index (χ2n) is 21.6. The van der Waals surface area contributed by atoms with Crippen molar-refractivity contribution in [3.63, 3.8) is 0 Å². The fraction of sp³-hybridized carbons (Fsp3) is 1.00. The SMILES string of the molecule is CCC(CCC(C)C)CCC(C)C.CCCCCC(CC)CCCC.CCCCCC(CC)CCCC.CCCCCC(CC)CCCCC.CCCCCC(CC)CCCCC. The Kier molecular flexibility index (Phi) is 73.2. The molecule has 0 rings (SSSR count). The Morgan fingerprint density at radius 2 is 0.333 bits per heavy atom. The minimum absolute atomic E-state index is 0.882. The van der Waals surface area contributed by atoms with E-state index in [-0.39, 0.29) is 0 Å². The van der Waals surface area contributed by atoms with E-state index in [1.807, 2.05) is 0 Å². The van der Waals surface area contributed by atoms with Gasteiger partial charge in [-0.25, -0.2) is 0 Å². The lowest BCUT2D eigenvalue weighted by Crippen LogP contribution is -2.03. The van der Waals surface area contributed by atoms with Gasteiger partial charge in [-0.15, -0.1) is 0 Å². The molecule has 0 nitrogen and oxygen atoms in total. The summed E-state index contributed by atoms with van der Waals surface area (Å²) in [6, 6.07) is 0. The summed E-state index contributed by atoms with van der Waals surface area (Å²) >= 11 is 0. The monoisotopic (exact) mass is 893 g/mol. The molecule has 2 atom stereocenters. The Hall–Kier alpha value is 0. The molecule has 0 saturated carbocycles. The molecule has 0 amide bonds. The lowest BCUT2D eigenvalue weighted by molar-refractivity contribution is 0.361. The van der Waals surface area contributed by atoms with Crippen LogP contribution in [0.3, 0.4) is 0 Å². The van der Waals surface area contributed by atoms with Crippen LogP contribution in [0.5, 0.6) is 0 Å². The van der Waals surface area contributed by atoms with Gasteiger partial charge in [-0.2, -0.15) is 0 Å². The Balaban J connectivity index is -0.000000223. The standard InChI is InChI=1S/3C13H28.2C12H26/c1-6-13(9-7-11(2)3)10-8-12(4)5;2*1-4-7-9-11-13(6-3)12-10-8-5-2;2*1-4-7-9-11-12(6-3)10-8-5-2/h11-13H,6-10H2,1-5H3;2*13H,4-12H2,1-3H3;2*12H,4-11H2,1-3H3. The van der Waals surface area contributed by atoms with Crippen LogP contribution in [0.25, 0.3) is 0 Å². The second kappa shape index (κ2) is 64.1. The van der Waals surface area contributed by atoms with Crippen LogP contribution in [0.4, 0.5) is 0 Å². The van der Waals surface area contributed by atoms with Crippen LogP contribution < -0.4 is 0 Å². The fourth-order valence-electron chi connectivity index (χ4n) is 8.98. The highest BCUT2D eigenvalue weighted by molar-refractivity contribution is 4.62. The zero-order valence-electron chi connectivity index (χ0n) is 48.6. The third kappa shape index (κ3) is 66.3. The molecule has 0 spiro atoms. The minimum atomic E-state index is 0.882. The first-order valence-corrected chi connectivity index (χ1v) is 30.4. The zero-order valence-corrected chi connectivity index (χ0v) is 48.6. The van der Waals surface area contributed by atoms with E-state index in [0.717, 1.165) is 41.4 Å². The third-order valence-corrected chi connectivity index (χ3v) is 14.4. The lowest BCUT2D eigenvalue weighted by Gasteiger charge is -2.16. The van der Waals surface area contributed by atoms with Crippen molar-refractivity contribution in [3.8, 4) is 0 Å². The van der Waals surface area contributed by atoms with Crippen molar-refractivity contribution in [2.45, 2.75) is 368 Å². The summed E-state index contributed by atoms with van der Waals surface area (Å²) in [7, 11) is 0. The molecule has 0 aromatic carbocycles. The van der Waals surface area contributed by atoms with Crippen molar-refractivity contribution in [1.82, 2.24) is 0 Å². The number of unbranched alkanes of at least 4 members (excludes halogenated alkanes) is 14. The molecular weight excluding hydrogens is 757 g/mol. The highest BCUT2D eigenvalue weighted by Gasteiger charge is 2.09. The van der Waals surface area contributed by atoms with Gasteiger partial charge in [0.1, 0.15) is 0 Å². The van der Waals surface area contributed by atoms with Gasteiger partial charge < -0.3 is 0 Å². The summed E-state index contributed by atoms with van der Waals surface area (Å²) in [6.45, 7) is 39.3. The normalized spacial score (nSPS) is 12.1. The van der Waals surface area contributed by atoms with E-state index in [1.54, 1.807) is 0 Å². The van der Waals surface area contributed by atoms with Crippen molar-refractivity contribution in [2.24, 2.45) is 41.4 Å². The predicted molar refractivity (Wildman–Crippen MR) is 301 cm³/mol. The van der Waals surface area contributed by atoms with Crippen LogP contribution in [-0.2, 0) is 0 Å². The van der Waals surface area contributed by atoms with Crippen LogP contribution >= 0.6 is 0 Å². The van der Waals surface area contributed by atoms with E-state index in [9.17, 15) is 0 Å². The third-order valence-electron chi connectivity index (χ3n) is 14.4. The topological polar surface area (TPSA) is 0 Å². The summed E-state index contributed by atoms with van der Waals surface area (Å²) in [5, 5.41) is 0. The Morgan fingerprint density at radius 3 is 0.476 bits per heavy atom. The van der Waals surface area contributed by atoms with Gasteiger partial charge in [0, 0.05) is 0 Å². The van der Waals surface area contributed by atoms with Gasteiger partial charge in [-0.05, 0) is 41.4 Å². The highest BCUT2D eigenvalue weighted by atomic mass is 14.2. The van der Waals surface area contributed by atoms with Crippen LogP contribution in [0.2, 0.25) is 0 Å². The molecule has 0 heterocycles. The van der Waals surface area contributed by atoms with Crippen molar-refractivity contribution in [1.29, 1.82) is 0 Å². The largest absolute Gasteiger partial charge is 0.0654 e. The first-order valence-electron chi connectivity index (χ1n) is 30.4. The predicted octanol–water partition coefficient (Wildman–Crippen LogP) is 24.8. The van der Waals surface area contributed by atoms with Gasteiger partial charge >= 0.3 is 0 Å². The number of rotatable bonds is 41. The molecule has 0 N–H and O–H groups in total. The fourth-order valence-corrected chi connectivity index (χ4v) is 8.98. The first kappa shape index (κ1) is 72.0. The van der Waals surface area contributed by atoms with Crippen molar-refractivity contribution in [3.05, 3.63) is 0 Å². The first-order chi connectivity index (χ1) is 30.4. The molecule has 0 fully saturated rings. The molecule has 0 aliphatic carbocycles. The van der Waals surface area contributed by atoms with Crippen molar-refractivity contribution >= 4 is 0 Å². The molecule has 2 unspecified atom stereocenters. The number of hydrogen-bond acceptors (Lipinski definition) is 0. The summed E-state index contributed by atoms with van der Waals surface area (Å²) < 4.78 is 0. The van der Waals surface area contributed by atoms with Gasteiger partial charge in [0.05, 0.1) is 0 Å². The van der Waals surface area contributed by atoms with Gasteiger partial charge in [0.25, 0.3) is 0 Å². The highest BCUT2D eigenvalue weighted by Crippen LogP contribution is 2.24. The Morgan fingerprint density at radius 1 is 0.175 bits per heavy atom. The van der Waals surface area contributed by atoms with Gasteiger partial charge in [0.2, 0.25) is 0 Å². The zero-order chi connectivity index (χ0) is 48.6. The molecule has 0 aromatic rings. The summed E-state index contributed by atoms with van der Waals surface area (Å²) in [4.78, 5) is 0. The average molecular weight is 894 g/mol. The van der Waals surface area contributed by atoms with Gasteiger partial charge in [-0.3, -0.25) is 0 Å². The van der Waals surface area contributed by atoms with Crippen molar-refractivity contribution < 1.29 is 0 Å². The molecule has 0 radical (unpaired) electrons. The Labute approximate surface area is 407 Å². The molecule has 0 heteroatoms. The van der Waals surface area contributed by atoms with E-state index in [1.165, 1.54) is 250 Å². The molecule has 0 aromatic heterocycles. The Bertz CT molecular complexity index is 627. The quantitative estimate of drug-likeness (QED) is 0.0537. The minimum Gasteiger partial charge on any atom is -0.0654 e. The van der Waals surface area contributed by atoms with Gasteiger partial charge in [-0.1, -0.05) is 368 Å². The van der Waals surface area contributed by atoms with E-state index < -0.39 is 0 Å². The van der Waals surface area contributed by atoms with E-state index in [2.05, 4.69) is 118 Å². The maximum atomic E-state index is 2.35. The van der Waals surface area contributed by atoms with Crippen LogP contribution in [0, 0.1) is 41.4 Å². The molecule has 388 valence electrons. The van der Waals surface area contributed by atoms with E-state index >= 15 is 0 Å². The summed E-state index contributed by atoms with van der Waals surface area (Å²) in [5.41, 5.74) is 0. The smallest absolute Gasteiger partial charge is 0.0417 e. The lowest BCUT2D eigenvalue weighted by atomic mass is 9.90. The summed E-state index contributed by atoms with van der Waals surface area (Å²) in [6.07, 6.45) is 55.6. The molecule has 0 saturated heterocycles. The average Bonchev–Trinajstić information content (AvgIpc) is 3.28. The summed E-state index contributed by atoms with van der Waals surface area (Å²) in [5.74, 6) is 6.86. The van der Waals surface area contributed by atoms with Crippen LogP contribution in [-0.4, -0.2) is 0 Å². The van der Waals surface area contributed by atoms with Gasteiger partial charge in [0.15, 0.2) is 0 Å². The van der Waals surface area contributed by atoms with Crippen LogP contribution in [0.15, 0.2) is 0 Å². The molecular formula is C63H136. The van der Waals surface area contributed by atoms with E-state index in [4.69, 9.17) is 0 Å². The second-order valence-corrected chi connectivity index (χ2v) is 21.6. The van der Waals surface area contributed by atoms with Crippen molar-refractivity contribution in [2.75, 3.05) is 0 Å². The molecule has 0 aliphatic rings. The maximum Gasteiger partial charge on any atom is -0.0417 e. The molecule has 0 bridgehead atoms. The molecule has 0 aliphatic heterocycles.